The van der Waals surface area contributed by atoms with Crippen LogP contribution in [0, 0.1) is 13.8 Å². The summed E-state index contributed by atoms with van der Waals surface area (Å²) >= 11 is 0. The molecule has 134 valence electrons. The number of nitrogens with zero attached hydrogens (tertiary/aromatic N) is 4. The second-order valence-electron chi connectivity index (χ2n) is 6.83. The lowest BCUT2D eigenvalue weighted by Crippen LogP contribution is -2.32. The van der Waals surface area contributed by atoms with Crippen LogP contribution in [0.1, 0.15) is 49.7 Å². The third kappa shape index (κ3) is 4.03. The predicted octanol–water partition coefficient (Wildman–Crippen LogP) is 4.30. The van der Waals surface area contributed by atoms with Gasteiger partial charge in [0.05, 0.1) is 11.4 Å². The van der Waals surface area contributed by atoms with Crippen molar-refractivity contribution in [2.45, 2.75) is 58.4 Å². The number of hydrogen-bond acceptors (Lipinski definition) is 4. The van der Waals surface area contributed by atoms with Crippen molar-refractivity contribution < 1.29 is 8.78 Å². The topological polar surface area (TPSA) is 55.6 Å². The third-order valence-electron chi connectivity index (χ3n) is 4.42. The molecule has 2 aromatic rings. The molecule has 1 aliphatic rings. The van der Waals surface area contributed by atoms with Gasteiger partial charge in [-0.3, -0.25) is 0 Å². The Kier molecular flexibility index (Phi) is 4.58. The molecule has 1 saturated carbocycles. The molecule has 1 N–H and O–H groups in total. The summed E-state index contributed by atoms with van der Waals surface area (Å²) in [5.41, 5.74) is 3.33. The van der Waals surface area contributed by atoms with Gasteiger partial charge < -0.3 is 5.32 Å². The first kappa shape index (κ1) is 17.5. The van der Waals surface area contributed by atoms with E-state index in [0.717, 1.165) is 17.0 Å². The summed E-state index contributed by atoms with van der Waals surface area (Å²) in [7, 11) is 0. The van der Waals surface area contributed by atoms with Crippen molar-refractivity contribution in [2.24, 2.45) is 0 Å². The zero-order valence-corrected chi connectivity index (χ0v) is 14.8. The summed E-state index contributed by atoms with van der Waals surface area (Å²) in [6, 6.07) is 3.75. The molecule has 0 spiro atoms. The van der Waals surface area contributed by atoms with Gasteiger partial charge in [0.25, 0.3) is 5.95 Å². The van der Waals surface area contributed by atoms with E-state index in [1.165, 1.54) is 0 Å². The molecule has 0 radical (unpaired) electrons. The van der Waals surface area contributed by atoms with Crippen molar-refractivity contribution in [3.63, 3.8) is 0 Å². The molecule has 2 heterocycles. The Labute approximate surface area is 146 Å². The lowest BCUT2D eigenvalue weighted by atomic mass is 9.92. The number of nitrogens with one attached hydrogen (secondary N) is 1. The fraction of sp³-hybridized carbons (Fsp3) is 0.500. The van der Waals surface area contributed by atoms with Crippen molar-refractivity contribution in [1.29, 1.82) is 0 Å². The zero-order chi connectivity index (χ0) is 18.2. The minimum Gasteiger partial charge on any atom is -0.367 e. The summed E-state index contributed by atoms with van der Waals surface area (Å²) in [6.45, 7) is 9.67. The van der Waals surface area contributed by atoms with Gasteiger partial charge in [-0.2, -0.15) is 10.1 Å². The molecule has 0 aromatic carbocycles. The first-order valence-electron chi connectivity index (χ1n) is 8.46. The normalized spacial score (nSPS) is 17.5. The Morgan fingerprint density at radius 2 is 1.92 bits per heavy atom. The van der Waals surface area contributed by atoms with Crippen LogP contribution in [0.3, 0.4) is 0 Å². The van der Waals surface area contributed by atoms with E-state index in [1.807, 2.05) is 32.9 Å². The molecule has 0 amide bonds. The molecular formula is C18H23F2N5. The summed E-state index contributed by atoms with van der Waals surface area (Å²) in [5.74, 6) is -1.47. The van der Waals surface area contributed by atoms with Crippen LogP contribution >= 0.6 is 0 Å². The number of alkyl halides is 2. The number of anilines is 1. The maximum atomic E-state index is 13.3. The minimum absolute atomic E-state index is 0.0131. The maximum Gasteiger partial charge on any atom is 0.253 e. The largest absolute Gasteiger partial charge is 0.367 e. The monoisotopic (exact) mass is 347 g/mol. The fourth-order valence-corrected chi connectivity index (χ4v) is 3.05. The summed E-state index contributed by atoms with van der Waals surface area (Å²) in [4.78, 5) is 9.06. The van der Waals surface area contributed by atoms with E-state index in [1.54, 1.807) is 4.68 Å². The molecule has 0 atom stereocenters. The Bertz CT molecular complexity index is 787. The molecule has 0 bridgehead atoms. The van der Waals surface area contributed by atoms with Crippen LogP contribution in [0.25, 0.3) is 11.5 Å². The second-order valence-corrected chi connectivity index (χ2v) is 6.83. The molecular weight excluding hydrogens is 324 g/mol. The fourth-order valence-electron chi connectivity index (χ4n) is 3.05. The quantitative estimate of drug-likeness (QED) is 0.896. The van der Waals surface area contributed by atoms with Crippen molar-refractivity contribution in [3.05, 3.63) is 35.8 Å². The van der Waals surface area contributed by atoms with Crippen molar-refractivity contribution in [1.82, 2.24) is 19.7 Å². The smallest absolute Gasteiger partial charge is 0.253 e. The minimum atomic E-state index is -2.54. The Morgan fingerprint density at radius 1 is 1.24 bits per heavy atom. The standard InChI is InChI=1S/C18H23F2N5/c1-11(2)15-10-16(21-14-5-7-18(19,20)8-6-14)23-17(22-15)25-13(4)9-12(3)24-25/h9-10,14H,1,5-8H2,2-4H3,(H,21,22,23). The molecule has 0 saturated heterocycles. The second kappa shape index (κ2) is 6.54. The molecule has 1 aliphatic carbocycles. The van der Waals surface area contributed by atoms with Crippen LogP contribution < -0.4 is 5.32 Å². The van der Waals surface area contributed by atoms with Crippen molar-refractivity contribution >= 4 is 11.4 Å². The van der Waals surface area contributed by atoms with Gasteiger partial charge in [0, 0.05) is 30.6 Å². The first-order valence-corrected chi connectivity index (χ1v) is 8.46. The molecule has 0 aliphatic heterocycles. The number of aryl methyl sites for hydroxylation is 2. The van der Waals surface area contributed by atoms with Crippen LogP contribution in [-0.2, 0) is 0 Å². The highest BCUT2D eigenvalue weighted by atomic mass is 19.3. The van der Waals surface area contributed by atoms with Crippen LogP contribution in [0.4, 0.5) is 14.6 Å². The van der Waals surface area contributed by atoms with Gasteiger partial charge in [0.15, 0.2) is 0 Å². The SMILES string of the molecule is C=C(C)c1cc(NC2CCC(F)(F)CC2)nc(-n2nc(C)cc2C)n1. The van der Waals surface area contributed by atoms with Crippen LogP contribution in [0.5, 0.6) is 0 Å². The van der Waals surface area contributed by atoms with Gasteiger partial charge in [0.2, 0.25) is 5.92 Å². The van der Waals surface area contributed by atoms with Crippen molar-refractivity contribution in [3.8, 4) is 5.95 Å². The molecule has 0 unspecified atom stereocenters. The van der Waals surface area contributed by atoms with E-state index in [0.29, 0.717) is 30.3 Å². The molecule has 3 rings (SSSR count). The number of hydrogen-bond donors (Lipinski definition) is 1. The van der Waals surface area contributed by atoms with E-state index in [-0.39, 0.29) is 18.9 Å². The van der Waals surface area contributed by atoms with Gasteiger partial charge in [0.1, 0.15) is 5.82 Å². The van der Waals surface area contributed by atoms with Crippen LogP contribution in [0.2, 0.25) is 0 Å². The van der Waals surface area contributed by atoms with Crippen LogP contribution in [0.15, 0.2) is 18.7 Å². The Morgan fingerprint density at radius 3 is 2.48 bits per heavy atom. The van der Waals surface area contributed by atoms with E-state index >= 15 is 0 Å². The lowest BCUT2D eigenvalue weighted by Gasteiger charge is -2.29. The summed E-state index contributed by atoms with van der Waals surface area (Å²) in [6.07, 6.45) is 0.671. The summed E-state index contributed by atoms with van der Waals surface area (Å²) in [5, 5.41) is 7.71. The van der Waals surface area contributed by atoms with E-state index in [9.17, 15) is 8.78 Å². The number of aromatic nitrogens is 4. The van der Waals surface area contributed by atoms with Gasteiger partial charge >= 0.3 is 0 Å². The highest BCUT2D eigenvalue weighted by Gasteiger charge is 2.35. The van der Waals surface area contributed by atoms with E-state index in [4.69, 9.17) is 0 Å². The number of rotatable bonds is 4. The van der Waals surface area contributed by atoms with Gasteiger partial charge in [-0.1, -0.05) is 6.58 Å². The van der Waals surface area contributed by atoms with Gasteiger partial charge in [-0.25, -0.2) is 18.4 Å². The lowest BCUT2D eigenvalue weighted by molar-refractivity contribution is -0.0361. The van der Waals surface area contributed by atoms with Crippen molar-refractivity contribution in [2.75, 3.05) is 5.32 Å². The Balaban J connectivity index is 1.89. The molecule has 5 nitrogen and oxygen atoms in total. The first-order chi connectivity index (χ1) is 11.7. The average Bonchev–Trinajstić information content (AvgIpc) is 2.88. The van der Waals surface area contributed by atoms with Gasteiger partial charge in [-0.05, 0) is 45.3 Å². The van der Waals surface area contributed by atoms with Crippen LogP contribution in [-0.4, -0.2) is 31.7 Å². The maximum absolute atomic E-state index is 13.3. The average molecular weight is 347 g/mol. The number of allylic oxidation sites excluding steroid dienone is 1. The highest BCUT2D eigenvalue weighted by Crippen LogP contribution is 2.34. The third-order valence-corrected chi connectivity index (χ3v) is 4.42. The molecule has 1 fully saturated rings. The predicted molar refractivity (Wildman–Crippen MR) is 94.2 cm³/mol. The zero-order valence-electron chi connectivity index (χ0n) is 14.8. The summed E-state index contributed by atoms with van der Waals surface area (Å²) < 4.78 is 28.4. The Hall–Kier alpha value is -2.31. The molecule has 25 heavy (non-hydrogen) atoms. The van der Waals surface area contributed by atoms with E-state index in [2.05, 4.69) is 27.0 Å². The molecule has 2 aromatic heterocycles. The van der Waals surface area contributed by atoms with E-state index < -0.39 is 5.92 Å². The highest BCUT2D eigenvalue weighted by molar-refractivity contribution is 5.61. The molecule has 7 heteroatoms. The number of halogens is 2. The van der Waals surface area contributed by atoms with Gasteiger partial charge in [-0.15, -0.1) is 0 Å².